The van der Waals surface area contributed by atoms with E-state index in [1.807, 2.05) is 21.3 Å². The van der Waals surface area contributed by atoms with Crippen molar-refractivity contribution in [3.05, 3.63) is 29.3 Å². The minimum atomic E-state index is -0.861. The minimum absolute atomic E-state index is 0.426. The van der Waals surface area contributed by atoms with Crippen LogP contribution in [-0.2, 0) is 30.3 Å². The molecule has 0 radical (unpaired) electrons. The predicted molar refractivity (Wildman–Crippen MR) is 293 cm³/mol. The number of rotatable bonds is 45. The van der Waals surface area contributed by atoms with Gasteiger partial charge in [-0.05, 0) is 102 Å². The molecular weight excluding hydrogens is 847 g/mol. The molecule has 2 rings (SSSR count). The molecule has 68 heavy (non-hydrogen) atoms. The summed E-state index contributed by atoms with van der Waals surface area (Å²) in [5.41, 5.74) is 2.23. The van der Waals surface area contributed by atoms with Crippen LogP contribution in [0.4, 0.5) is 0 Å². The second-order valence-corrected chi connectivity index (χ2v) is 19.3. The lowest BCUT2D eigenvalue weighted by atomic mass is 9.79. The van der Waals surface area contributed by atoms with Gasteiger partial charge in [-0.25, -0.2) is 0 Å². The number of nitrogens with one attached hydrogen (secondary N) is 1. The van der Waals surface area contributed by atoms with Gasteiger partial charge in [0.2, 0.25) is 0 Å². The monoisotopic (exact) mass is 959 g/mol. The summed E-state index contributed by atoms with van der Waals surface area (Å²) in [5.74, 6) is 0. The zero-order chi connectivity index (χ0) is 50.4. The first-order valence-electron chi connectivity index (χ1n) is 28.5. The minimum Gasteiger partial charge on any atom is -0.423 e. The molecule has 1 heterocycles. The first-order chi connectivity index (χ1) is 33.3. The van der Waals surface area contributed by atoms with E-state index in [1.54, 1.807) is 18.2 Å². The average molecular weight is 959 g/mol. The average Bonchev–Trinajstić information content (AvgIpc) is 3.74. The Morgan fingerprint density at radius 3 is 1.41 bits per heavy atom. The molecule has 9 nitrogen and oxygen atoms in total. The third-order valence-corrected chi connectivity index (χ3v) is 13.2. The van der Waals surface area contributed by atoms with E-state index >= 15 is 0 Å². The van der Waals surface area contributed by atoms with Gasteiger partial charge >= 0.3 is 7.12 Å². The summed E-state index contributed by atoms with van der Waals surface area (Å²) in [5, 5.41) is 12.5. The Kier molecular flexibility index (Phi) is 56.1. The Hall–Kier alpha value is -1.95. The van der Waals surface area contributed by atoms with Crippen LogP contribution < -0.4 is 10.8 Å². The number of nitrogens with zero attached hydrogens (tertiary/aromatic N) is 1. The maximum absolute atomic E-state index is 10.4. The highest BCUT2D eigenvalue weighted by Gasteiger charge is 2.27. The summed E-state index contributed by atoms with van der Waals surface area (Å²) in [6.45, 7) is 14.2. The molecule has 1 unspecified atom stereocenters. The molecule has 0 saturated heterocycles. The van der Waals surface area contributed by atoms with Gasteiger partial charge in [-0.2, -0.15) is 0 Å². The first-order valence-corrected chi connectivity index (χ1v) is 28.5. The number of hydrogen-bond acceptors (Lipinski definition) is 9. The zero-order valence-electron chi connectivity index (χ0n) is 45.8. The van der Waals surface area contributed by atoms with E-state index in [4.69, 9.17) is 14.1 Å². The highest BCUT2D eigenvalue weighted by Crippen LogP contribution is 2.17. The second kappa shape index (κ2) is 56.0. The molecule has 0 amide bonds. The summed E-state index contributed by atoms with van der Waals surface area (Å²) in [6.07, 6.45) is 48.6. The molecule has 0 saturated carbocycles. The number of carbonyl (C=O) groups excluding carboxylic acids is 3. The molecule has 1 aromatic carbocycles. The van der Waals surface area contributed by atoms with Crippen molar-refractivity contribution in [3.63, 3.8) is 0 Å². The predicted octanol–water partition coefficient (Wildman–Crippen LogP) is 14.4. The molecule has 0 bridgehead atoms. The van der Waals surface area contributed by atoms with Crippen LogP contribution in [0.3, 0.4) is 0 Å². The van der Waals surface area contributed by atoms with Crippen molar-refractivity contribution in [2.75, 3.05) is 47.4 Å². The Labute approximate surface area is 421 Å². The number of unbranched alkanes of at least 4 members (excludes halogenated alkanes) is 25. The van der Waals surface area contributed by atoms with Crippen LogP contribution in [0.25, 0.3) is 0 Å². The summed E-state index contributed by atoms with van der Waals surface area (Å²) in [7, 11) is 4.87. The van der Waals surface area contributed by atoms with Gasteiger partial charge in [0.05, 0.1) is 18.8 Å². The van der Waals surface area contributed by atoms with Crippen LogP contribution in [0.2, 0.25) is 0 Å². The highest BCUT2D eigenvalue weighted by atomic mass is 16.5. The zero-order valence-corrected chi connectivity index (χ0v) is 45.8. The third-order valence-electron chi connectivity index (χ3n) is 13.2. The van der Waals surface area contributed by atoms with Crippen molar-refractivity contribution in [1.29, 1.82) is 0 Å². The molecule has 0 spiro atoms. The van der Waals surface area contributed by atoms with Gasteiger partial charge in [-0.15, -0.1) is 0 Å². The lowest BCUT2D eigenvalue weighted by Gasteiger charge is -2.22. The smallest absolute Gasteiger partial charge is 0.423 e. The van der Waals surface area contributed by atoms with Gasteiger partial charge in [0.15, 0.2) is 0 Å². The van der Waals surface area contributed by atoms with Crippen LogP contribution in [0.15, 0.2) is 18.2 Å². The van der Waals surface area contributed by atoms with Gasteiger partial charge in [-0.1, -0.05) is 200 Å². The molecule has 1 aliphatic heterocycles. The largest absolute Gasteiger partial charge is 0.491 e. The molecule has 1 atom stereocenters. The number of ether oxygens (including phenoxy) is 2. The topological polar surface area (TPSA) is 114 Å². The Morgan fingerprint density at radius 2 is 1.00 bits per heavy atom. The maximum atomic E-state index is 10.4. The molecule has 398 valence electrons. The molecular formula is C58H111BN2O7. The lowest BCUT2D eigenvalue weighted by Crippen LogP contribution is -2.29. The number of carbonyl (C=O) groups is 3. The van der Waals surface area contributed by atoms with E-state index in [2.05, 4.69) is 37.9 Å². The Morgan fingerprint density at radius 1 is 0.588 bits per heavy atom. The summed E-state index contributed by atoms with van der Waals surface area (Å²) in [4.78, 5) is 33.6. The standard InChI is InChI=1S/C20H40N2O2.C18H38O.C12H26O.C8H7BO3/c1-21-15-14-18-22(16-10-6-2-4-8-12-19-23)17-11-7-3-5-9-13-20-24;1-4-6-8-10-12-14-16-18(19-3)17-15-13-11-9-7-5-2;1-4-6-7-8-9-10-11-12(5-2)13-3;10-4-6-1-2-7-5-12-9(11)8(7)3-6/h19-21H,2-18H2,1H3;18H,4-17H2,1-3H3;12H,4-11H2,1-3H3;1-4,11H,5H2. The van der Waals surface area contributed by atoms with Crippen LogP contribution in [0.1, 0.15) is 268 Å². The first kappa shape index (κ1) is 68.1. The quantitative estimate of drug-likeness (QED) is 0.0375. The van der Waals surface area contributed by atoms with Crippen LogP contribution in [0.5, 0.6) is 0 Å². The summed E-state index contributed by atoms with van der Waals surface area (Å²) >= 11 is 0. The van der Waals surface area contributed by atoms with Gasteiger partial charge in [0.25, 0.3) is 0 Å². The van der Waals surface area contributed by atoms with Gasteiger partial charge in [0.1, 0.15) is 18.9 Å². The molecule has 1 aromatic rings. The Bertz CT molecular complexity index is 1150. The van der Waals surface area contributed by atoms with E-state index < -0.39 is 7.12 Å². The highest BCUT2D eigenvalue weighted by molar-refractivity contribution is 6.61. The van der Waals surface area contributed by atoms with Crippen molar-refractivity contribution < 1.29 is 33.5 Å². The SMILES string of the molecule is CCCCCCCCC(CC)OC.CCCCCCCCC(CCCCCCCC)OC.CNCCCN(CCCCCCCC=O)CCCCCCCC=O.O=Cc1ccc2c(c1)B(O)OC2. The van der Waals surface area contributed by atoms with Crippen molar-refractivity contribution >= 4 is 31.4 Å². The van der Waals surface area contributed by atoms with Crippen molar-refractivity contribution in [2.45, 2.75) is 271 Å². The van der Waals surface area contributed by atoms with Crippen LogP contribution in [0, 0.1) is 0 Å². The second-order valence-electron chi connectivity index (χ2n) is 19.3. The summed E-state index contributed by atoms with van der Waals surface area (Å²) < 4.78 is 15.9. The molecule has 2 N–H and O–H groups in total. The molecule has 1 aliphatic rings. The normalized spacial score (nSPS) is 12.2. The number of benzene rings is 1. The van der Waals surface area contributed by atoms with Crippen LogP contribution >= 0.6 is 0 Å². The van der Waals surface area contributed by atoms with E-state index in [9.17, 15) is 19.4 Å². The van der Waals surface area contributed by atoms with Crippen LogP contribution in [-0.4, -0.2) is 95.6 Å². The van der Waals surface area contributed by atoms with Gasteiger partial charge in [-0.3, -0.25) is 4.79 Å². The number of aldehydes is 3. The van der Waals surface area contributed by atoms with E-state index in [-0.39, 0.29) is 0 Å². The fourth-order valence-electron chi connectivity index (χ4n) is 8.63. The maximum Gasteiger partial charge on any atom is 0.491 e. The lowest BCUT2D eigenvalue weighted by molar-refractivity contribution is -0.108. The molecule has 0 aromatic heterocycles. The number of fused-ring (bicyclic) bond motifs is 1. The molecule has 10 heteroatoms. The van der Waals surface area contributed by atoms with E-state index in [0.717, 1.165) is 63.1 Å². The van der Waals surface area contributed by atoms with E-state index in [1.165, 1.54) is 212 Å². The number of hydrogen-bond donors (Lipinski definition) is 2. The summed E-state index contributed by atoms with van der Waals surface area (Å²) in [6, 6.07) is 5.17. The van der Waals surface area contributed by atoms with Gasteiger partial charge < -0.3 is 39.0 Å². The Balaban J connectivity index is 0. The number of methoxy groups -OCH3 is 2. The molecule has 0 fully saturated rings. The van der Waals surface area contributed by atoms with E-state index in [0.29, 0.717) is 29.8 Å². The third kappa shape index (κ3) is 45.2. The van der Waals surface area contributed by atoms with Crippen molar-refractivity contribution in [2.24, 2.45) is 0 Å². The molecule has 0 aliphatic carbocycles. The van der Waals surface area contributed by atoms with Crippen molar-refractivity contribution in [1.82, 2.24) is 10.2 Å². The van der Waals surface area contributed by atoms with Gasteiger partial charge in [0, 0.05) is 32.6 Å². The fraction of sp³-hybridized carbons (Fsp3) is 0.845. The van der Waals surface area contributed by atoms with Crippen molar-refractivity contribution in [3.8, 4) is 0 Å². The fourth-order valence-corrected chi connectivity index (χ4v) is 8.63.